The Balaban J connectivity index is 2.10. The van der Waals surface area contributed by atoms with Crippen molar-refractivity contribution in [2.75, 3.05) is 7.11 Å². The molecule has 4 nitrogen and oxygen atoms in total. The quantitative estimate of drug-likeness (QED) is 0.833. The molecule has 1 atom stereocenters. The van der Waals surface area contributed by atoms with E-state index >= 15 is 0 Å². The van der Waals surface area contributed by atoms with E-state index in [0.717, 1.165) is 48.1 Å². The van der Waals surface area contributed by atoms with Crippen LogP contribution in [-0.4, -0.2) is 17.8 Å². The van der Waals surface area contributed by atoms with Crippen LogP contribution < -0.4 is 10.2 Å². The zero-order chi connectivity index (χ0) is 14.3. The Morgan fingerprint density at radius 1 is 1.50 bits per heavy atom. The molecule has 1 unspecified atom stereocenters. The molecule has 0 bridgehead atoms. The average molecular weight is 277 g/mol. The lowest BCUT2D eigenvalue weighted by atomic mass is 9.72. The summed E-state index contributed by atoms with van der Waals surface area (Å²) in [4.78, 5) is 5.18. The molecule has 2 N–H and O–H groups in total. The maximum absolute atomic E-state index is 10.3. The van der Waals surface area contributed by atoms with Crippen LogP contribution in [0.25, 0.3) is 0 Å². The van der Waals surface area contributed by atoms with Crippen molar-refractivity contribution in [1.82, 2.24) is 5.48 Å². The number of hydroxylamine groups is 1. The third kappa shape index (κ3) is 1.98. The van der Waals surface area contributed by atoms with Gasteiger partial charge in [-0.2, -0.15) is 5.48 Å². The van der Waals surface area contributed by atoms with Gasteiger partial charge in [0, 0.05) is 17.5 Å². The number of phenolic OH excluding ortho intramolecular Hbond substituents is 1. The van der Waals surface area contributed by atoms with E-state index in [-0.39, 0.29) is 11.6 Å². The van der Waals surface area contributed by atoms with Crippen molar-refractivity contribution in [3.05, 3.63) is 22.8 Å². The molecule has 110 valence electrons. The normalized spacial score (nSPS) is 23.1. The minimum atomic E-state index is -0.0301. The molecule has 1 spiro atoms. The van der Waals surface area contributed by atoms with Crippen LogP contribution in [0, 0.1) is 6.92 Å². The van der Waals surface area contributed by atoms with Gasteiger partial charge >= 0.3 is 0 Å². The smallest absolute Gasteiger partial charge is 0.125 e. The number of benzene rings is 1. The Morgan fingerprint density at radius 2 is 2.25 bits per heavy atom. The second kappa shape index (κ2) is 4.93. The lowest BCUT2D eigenvalue weighted by Crippen LogP contribution is -2.49. The second-order valence-electron chi connectivity index (χ2n) is 6.00. The van der Waals surface area contributed by atoms with Crippen molar-refractivity contribution in [2.45, 2.75) is 57.6 Å². The SMILES string of the molecule is CCc1c(O)c(C)cc2c1C(NOC)CC1(CCC1)O2. The minimum Gasteiger partial charge on any atom is -0.507 e. The van der Waals surface area contributed by atoms with Crippen molar-refractivity contribution in [3.63, 3.8) is 0 Å². The maximum Gasteiger partial charge on any atom is 0.125 e. The molecule has 1 aliphatic heterocycles. The molecule has 0 amide bonds. The Kier molecular flexibility index (Phi) is 3.38. The summed E-state index contributed by atoms with van der Waals surface area (Å²) in [6, 6.07) is 2.05. The third-order valence-electron chi connectivity index (χ3n) is 4.73. The summed E-state index contributed by atoms with van der Waals surface area (Å²) in [5.41, 5.74) is 5.99. The zero-order valence-corrected chi connectivity index (χ0v) is 12.5. The first kappa shape index (κ1) is 13.7. The lowest BCUT2D eigenvalue weighted by Gasteiger charge is -2.48. The summed E-state index contributed by atoms with van der Waals surface area (Å²) in [5.74, 6) is 1.31. The number of aryl methyl sites for hydroxylation is 1. The molecule has 20 heavy (non-hydrogen) atoms. The predicted molar refractivity (Wildman–Crippen MR) is 76.9 cm³/mol. The number of nitrogens with one attached hydrogen (secondary N) is 1. The largest absolute Gasteiger partial charge is 0.507 e. The number of fused-ring (bicyclic) bond motifs is 1. The van der Waals surface area contributed by atoms with Gasteiger partial charge < -0.3 is 14.7 Å². The van der Waals surface area contributed by atoms with Crippen molar-refractivity contribution >= 4 is 0 Å². The number of ether oxygens (including phenoxy) is 1. The van der Waals surface area contributed by atoms with E-state index in [1.54, 1.807) is 7.11 Å². The molecular weight excluding hydrogens is 254 g/mol. The van der Waals surface area contributed by atoms with Gasteiger partial charge in [0.25, 0.3) is 0 Å². The first-order chi connectivity index (χ1) is 9.60. The first-order valence-corrected chi connectivity index (χ1v) is 7.43. The molecule has 1 fully saturated rings. The zero-order valence-electron chi connectivity index (χ0n) is 12.5. The fourth-order valence-electron chi connectivity index (χ4n) is 3.55. The fourth-order valence-corrected chi connectivity index (χ4v) is 3.55. The number of hydrogen-bond acceptors (Lipinski definition) is 4. The van der Waals surface area contributed by atoms with Gasteiger partial charge in [0.2, 0.25) is 0 Å². The van der Waals surface area contributed by atoms with E-state index in [0.29, 0.717) is 5.75 Å². The molecule has 1 heterocycles. The number of aromatic hydroxyl groups is 1. The third-order valence-corrected chi connectivity index (χ3v) is 4.73. The van der Waals surface area contributed by atoms with Crippen LogP contribution in [0.15, 0.2) is 6.07 Å². The summed E-state index contributed by atoms with van der Waals surface area (Å²) in [7, 11) is 1.64. The summed E-state index contributed by atoms with van der Waals surface area (Å²) in [6.45, 7) is 3.99. The van der Waals surface area contributed by atoms with Gasteiger partial charge in [-0.1, -0.05) is 6.92 Å². The highest BCUT2D eigenvalue weighted by Crippen LogP contribution is 2.51. The molecule has 4 heteroatoms. The van der Waals surface area contributed by atoms with Crippen molar-refractivity contribution < 1.29 is 14.7 Å². The van der Waals surface area contributed by atoms with E-state index < -0.39 is 0 Å². The van der Waals surface area contributed by atoms with E-state index in [1.165, 1.54) is 6.42 Å². The van der Waals surface area contributed by atoms with Crippen LogP contribution in [0.2, 0.25) is 0 Å². The molecule has 1 saturated carbocycles. The lowest BCUT2D eigenvalue weighted by molar-refractivity contribution is -0.0602. The number of rotatable bonds is 3. The van der Waals surface area contributed by atoms with Gasteiger partial charge in [0.15, 0.2) is 0 Å². The molecule has 1 aliphatic carbocycles. The highest BCUT2D eigenvalue weighted by Gasteiger charge is 2.46. The Morgan fingerprint density at radius 3 is 2.80 bits per heavy atom. The van der Waals surface area contributed by atoms with E-state index in [1.807, 2.05) is 13.0 Å². The fraction of sp³-hybridized carbons (Fsp3) is 0.625. The standard InChI is InChI=1S/C16H23NO3/c1-4-11-14-12(17-19-3)9-16(6-5-7-16)20-13(14)8-10(2)15(11)18/h8,12,17-18H,4-7,9H2,1-3H3. The van der Waals surface area contributed by atoms with E-state index in [4.69, 9.17) is 9.57 Å². The average Bonchev–Trinajstić information content (AvgIpc) is 2.39. The van der Waals surface area contributed by atoms with Gasteiger partial charge in [-0.05, 0) is 44.2 Å². The monoisotopic (exact) mass is 277 g/mol. The minimum absolute atomic E-state index is 0.0301. The van der Waals surface area contributed by atoms with Gasteiger partial charge in [-0.25, -0.2) is 0 Å². The summed E-state index contributed by atoms with van der Waals surface area (Å²) < 4.78 is 6.30. The highest BCUT2D eigenvalue weighted by atomic mass is 16.6. The molecule has 3 rings (SSSR count). The Hall–Kier alpha value is -1.26. The van der Waals surface area contributed by atoms with Crippen LogP contribution in [0.3, 0.4) is 0 Å². The van der Waals surface area contributed by atoms with Crippen molar-refractivity contribution in [1.29, 1.82) is 0 Å². The van der Waals surface area contributed by atoms with Crippen molar-refractivity contribution in [2.24, 2.45) is 0 Å². The summed E-state index contributed by atoms with van der Waals surface area (Å²) >= 11 is 0. The molecular formula is C16H23NO3. The molecule has 2 aliphatic rings. The van der Waals surface area contributed by atoms with Gasteiger partial charge in [0.1, 0.15) is 17.1 Å². The van der Waals surface area contributed by atoms with Gasteiger partial charge in [-0.15, -0.1) is 0 Å². The van der Waals surface area contributed by atoms with Crippen LogP contribution in [-0.2, 0) is 11.3 Å². The maximum atomic E-state index is 10.3. The molecule has 0 radical (unpaired) electrons. The van der Waals surface area contributed by atoms with E-state index in [2.05, 4.69) is 12.4 Å². The van der Waals surface area contributed by atoms with E-state index in [9.17, 15) is 5.11 Å². The second-order valence-corrected chi connectivity index (χ2v) is 6.00. The molecule has 0 saturated heterocycles. The Labute approximate surface area is 120 Å². The number of phenols is 1. The summed E-state index contributed by atoms with van der Waals surface area (Å²) in [5, 5.41) is 10.3. The predicted octanol–water partition coefficient (Wildman–Crippen LogP) is 3.16. The van der Waals surface area contributed by atoms with Crippen LogP contribution >= 0.6 is 0 Å². The summed E-state index contributed by atoms with van der Waals surface area (Å²) in [6.07, 6.45) is 5.13. The molecule has 1 aromatic carbocycles. The highest BCUT2D eigenvalue weighted by molar-refractivity contribution is 5.55. The molecule has 1 aromatic rings. The molecule has 0 aromatic heterocycles. The van der Waals surface area contributed by atoms with Gasteiger partial charge in [0.05, 0.1) is 13.2 Å². The van der Waals surface area contributed by atoms with Crippen molar-refractivity contribution in [3.8, 4) is 11.5 Å². The number of hydrogen-bond donors (Lipinski definition) is 2. The topological polar surface area (TPSA) is 50.7 Å². The van der Waals surface area contributed by atoms with Crippen LogP contribution in [0.4, 0.5) is 0 Å². The first-order valence-electron chi connectivity index (χ1n) is 7.43. The Bertz CT molecular complexity index is 523. The van der Waals surface area contributed by atoms with Crippen LogP contribution in [0.1, 0.15) is 55.3 Å². The van der Waals surface area contributed by atoms with Gasteiger partial charge in [-0.3, -0.25) is 0 Å². The van der Waals surface area contributed by atoms with Crippen LogP contribution in [0.5, 0.6) is 11.5 Å².